The van der Waals surface area contributed by atoms with Gasteiger partial charge in [-0.05, 0) is 36.8 Å². The van der Waals surface area contributed by atoms with Crippen molar-refractivity contribution >= 4 is 34.8 Å². The minimum absolute atomic E-state index is 0.0350. The lowest BCUT2D eigenvalue weighted by molar-refractivity contribution is -0.136. The van der Waals surface area contributed by atoms with Crippen LogP contribution in [0.4, 0.5) is 15.8 Å². The van der Waals surface area contributed by atoms with E-state index >= 15 is 0 Å². The maximum atomic E-state index is 14.3. The second kappa shape index (κ2) is 8.03. The highest BCUT2D eigenvalue weighted by atomic mass is 35.5. The minimum atomic E-state index is -0.435. The van der Waals surface area contributed by atoms with Crippen molar-refractivity contribution in [2.45, 2.75) is 13.3 Å². The van der Waals surface area contributed by atoms with Gasteiger partial charge in [0.1, 0.15) is 5.82 Å². The SMILES string of the molecule is Cc1ccc(N2CC(C(=O)N3CCN(c4ccccc4Cl)CC3)CC2=O)c(F)c1. The number of carbonyl (C=O) groups excluding carboxylic acids is 2. The molecular weight excluding hydrogens is 393 g/mol. The highest BCUT2D eigenvalue weighted by Gasteiger charge is 2.38. The molecule has 4 rings (SSSR count). The number of halogens is 2. The van der Waals surface area contributed by atoms with Crippen LogP contribution in [0.25, 0.3) is 0 Å². The van der Waals surface area contributed by atoms with Crippen molar-refractivity contribution < 1.29 is 14.0 Å². The summed E-state index contributed by atoms with van der Waals surface area (Å²) in [6, 6.07) is 12.5. The second-order valence-corrected chi connectivity index (χ2v) is 8.03. The first-order valence-electron chi connectivity index (χ1n) is 9.79. The number of para-hydroxylation sites is 1. The first-order chi connectivity index (χ1) is 13.9. The Morgan fingerprint density at radius 1 is 1.07 bits per heavy atom. The van der Waals surface area contributed by atoms with E-state index in [4.69, 9.17) is 11.6 Å². The molecule has 2 aliphatic rings. The molecule has 2 fully saturated rings. The van der Waals surface area contributed by atoms with E-state index in [1.807, 2.05) is 24.3 Å². The van der Waals surface area contributed by atoms with Gasteiger partial charge in [0.05, 0.1) is 22.3 Å². The van der Waals surface area contributed by atoms with E-state index in [0.717, 1.165) is 11.3 Å². The van der Waals surface area contributed by atoms with Crippen LogP contribution in [0.1, 0.15) is 12.0 Å². The molecule has 2 aromatic rings. The van der Waals surface area contributed by atoms with Gasteiger partial charge in [0.25, 0.3) is 0 Å². The molecule has 0 N–H and O–H groups in total. The number of carbonyl (C=O) groups is 2. The van der Waals surface area contributed by atoms with Gasteiger partial charge < -0.3 is 14.7 Å². The van der Waals surface area contributed by atoms with Gasteiger partial charge in [0.15, 0.2) is 0 Å². The molecule has 5 nitrogen and oxygen atoms in total. The Morgan fingerprint density at radius 2 is 1.79 bits per heavy atom. The molecule has 0 saturated carbocycles. The van der Waals surface area contributed by atoms with Gasteiger partial charge in [-0.1, -0.05) is 29.8 Å². The maximum absolute atomic E-state index is 14.3. The Kier molecular flexibility index (Phi) is 5.46. The summed E-state index contributed by atoms with van der Waals surface area (Å²) in [5.41, 5.74) is 2.01. The molecule has 152 valence electrons. The number of amides is 2. The number of anilines is 2. The van der Waals surface area contributed by atoms with Gasteiger partial charge >= 0.3 is 0 Å². The topological polar surface area (TPSA) is 43.9 Å². The fourth-order valence-electron chi connectivity index (χ4n) is 4.07. The average molecular weight is 416 g/mol. The standard InChI is InChI=1S/C22H23ClFN3O2/c1-15-6-7-20(18(24)12-15)27-14-16(13-21(27)28)22(29)26-10-8-25(9-11-26)19-5-3-2-4-17(19)23/h2-7,12,16H,8-11,13-14H2,1H3. The Balaban J connectivity index is 1.39. The first-order valence-corrected chi connectivity index (χ1v) is 10.2. The third-order valence-corrected chi connectivity index (χ3v) is 5.97. The molecule has 2 aliphatic heterocycles. The van der Waals surface area contributed by atoms with E-state index in [0.29, 0.717) is 31.2 Å². The van der Waals surface area contributed by atoms with E-state index < -0.39 is 11.7 Å². The van der Waals surface area contributed by atoms with Crippen LogP contribution in [0.5, 0.6) is 0 Å². The number of piperazine rings is 1. The Morgan fingerprint density at radius 3 is 2.48 bits per heavy atom. The Bertz CT molecular complexity index is 943. The first kappa shape index (κ1) is 19.7. The van der Waals surface area contributed by atoms with Crippen LogP contribution in [-0.4, -0.2) is 49.4 Å². The number of nitrogens with zero attached hydrogens (tertiary/aromatic N) is 3. The number of aryl methyl sites for hydroxylation is 1. The van der Waals surface area contributed by atoms with E-state index in [9.17, 15) is 14.0 Å². The molecule has 0 bridgehead atoms. The Labute approximate surface area is 174 Å². The highest BCUT2D eigenvalue weighted by molar-refractivity contribution is 6.33. The molecule has 2 aromatic carbocycles. The zero-order valence-corrected chi connectivity index (χ0v) is 17.0. The minimum Gasteiger partial charge on any atom is -0.367 e. The largest absolute Gasteiger partial charge is 0.367 e. The molecule has 0 radical (unpaired) electrons. The number of rotatable bonds is 3. The zero-order chi connectivity index (χ0) is 20.5. The molecule has 1 atom stereocenters. The monoisotopic (exact) mass is 415 g/mol. The lowest BCUT2D eigenvalue weighted by Crippen LogP contribution is -2.50. The second-order valence-electron chi connectivity index (χ2n) is 7.62. The molecule has 2 amide bonds. The van der Waals surface area contributed by atoms with E-state index in [1.54, 1.807) is 24.0 Å². The van der Waals surface area contributed by atoms with Crippen LogP contribution in [0, 0.1) is 18.7 Å². The van der Waals surface area contributed by atoms with E-state index in [1.165, 1.54) is 11.0 Å². The lowest BCUT2D eigenvalue weighted by Gasteiger charge is -2.37. The molecule has 2 saturated heterocycles. The van der Waals surface area contributed by atoms with Crippen LogP contribution in [0.2, 0.25) is 5.02 Å². The summed E-state index contributed by atoms with van der Waals surface area (Å²) in [5.74, 6) is -1.11. The van der Waals surface area contributed by atoms with Crippen molar-refractivity contribution in [3.8, 4) is 0 Å². The fraction of sp³-hybridized carbons (Fsp3) is 0.364. The summed E-state index contributed by atoms with van der Waals surface area (Å²) in [6.07, 6.45) is 0.122. The van der Waals surface area contributed by atoms with E-state index in [2.05, 4.69) is 4.90 Å². The number of benzene rings is 2. The van der Waals surface area contributed by atoms with Crippen LogP contribution < -0.4 is 9.80 Å². The summed E-state index contributed by atoms with van der Waals surface area (Å²) in [4.78, 5) is 30.8. The van der Waals surface area contributed by atoms with Gasteiger partial charge in [-0.15, -0.1) is 0 Å². The molecule has 2 heterocycles. The summed E-state index contributed by atoms with van der Waals surface area (Å²) in [7, 11) is 0. The lowest BCUT2D eigenvalue weighted by atomic mass is 10.1. The van der Waals surface area contributed by atoms with Crippen molar-refractivity contribution in [2.24, 2.45) is 5.92 Å². The molecule has 0 aliphatic carbocycles. The van der Waals surface area contributed by atoms with Crippen molar-refractivity contribution in [2.75, 3.05) is 42.5 Å². The van der Waals surface area contributed by atoms with Crippen LogP contribution >= 0.6 is 11.6 Å². The maximum Gasteiger partial charge on any atom is 0.228 e. The average Bonchev–Trinajstić information content (AvgIpc) is 3.09. The summed E-state index contributed by atoms with van der Waals surface area (Å²) < 4.78 is 14.3. The molecule has 0 spiro atoms. The predicted octanol–water partition coefficient (Wildman–Crippen LogP) is 3.49. The van der Waals surface area contributed by atoms with Crippen LogP contribution in [0.15, 0.2) is 42.5 Å². The van der Waals surface area contributed by atoms with Gasteiger partial charge in [0, 0.05) is 39.1 Å². The number of hydrogen-bond acceptors (Lipinski definition) is 3. The third kappa shape index (κ3) is 3.94. The number of hydrogen-bond donors (Lipinski definition) is 0. The molecule has 1 unspecified atom stereocenters. The van der Waals surface area contributed by atoms with Gasteiger partial charge in [-0.25, -0.2) is 4.39 Å². The van der Waals surface area contributed by atoms with Crippen molar-refractivity contribution in [3.05, 3.63) is 58.9 Å². The molecule has 0 aromatic heterocycles. The fourth-order valence-corrected chi connectivity index (χ4v) is 4.33. The molecule has 29 heavy (non-hydrogen) atoms. The van der Waals surface area contributed by atoms with Crippen molar-refractivity contribution in [3.63, 3.8) is 0 Å². The van der Waals surface area contributed by atoms with Crippen LogP contribution in [0.3, 0.4) is 0 Å². The normalized spacial score (nSPS) is 19.8. The summed E-state index contributed by atoms with van der Waals surface area (Å²) in [6.45, 7) is 4.55. The van der Waals surface area contributed by atoms with Crippen LogP contribution in [-0.2, 0) is 9.59 Å². The quantitative estimate of drug-likeness (QED) is 0.770. The Hall–Kier alpha value is -2.60. The predicted molar refractivity (Wildman–Crippen MR) is 112 cm³/mol. The highest BCUT2D eigenvalue weighted by Crippen LogP contribution is 2.30. The summed E-state index contributed by atoms with van der Waals surface area (Å²) in [5, 5.41) is 0.699. The van der Waals surface area contributed by atoms with E-state index in [-0.39, 0.29) is 30.5 Å². The zero-order valence-electron chi connectivity index (χ0n) is 16.3. The van der Waals surface area contributed by atoms with Crippen molar-refractivity contribution in [1.29, 1.82) is 0 Å². The van der Waals surface area contributed by atoms with Gasteiger partial charge in [0.2, 0.25) is 11.8 Å². The third-order valence-electron chi connectivity index (χ3n) is 5.65. The van der Waals surface area contributed by atoms with Crippen molar-refractivity contribution in [1.82, 2.24) is 4.90 Å². The molecule has 7 heteroatoms. The smallest absolute Gasteiger partial charge is 0.228 e. The summed E-state index contributed by atoms with van der Waals surface area (Å²) >= 11 is 6.28. The molecular formula is C22H23ClFN3O2. The van der Waals surface area contributed by atoms with Gasteiger partial charge in [-0.3, -0.25) is 9.59 Å². The van der Waals surface area contributed by atoms with Gasteiger partial charge in [-0.2, -0.15) is 0 Å².